The Bertz CT molecular complexity index is 528. The molecule has 3 fully saturated rings. The maximum absolute atomic E-state index is 10.3. The van der Waals surface area contributed by atoms with Gasteiger partial charge >= 0.3 is 0 Å². The monoisotopic (exact) mass is 300 g/mol. The highest BCUT2D eigenvalue weighted by Crippen LogP contribution is 2.65. The summed E-state index contributed by atoms with van der Waals surface area (Å²) in [6.07, 6.45) is 15.6. The standard InChI is InChI=1S/C21H32O/c1-14(22)17-9-10-18-16-8-7-15-6-4-5-12-20(15,2)19(16)11-13-21(17,18)3/h7-8,14,17-19,22H,4-6,9-13H2,1-3H3. The van der Waals surface area contributed by atoms with E-state index in [1.807, 2.05) is 6.92 Å². The van der Waals surface area contributed by atoms with Gasteiger partial charge in [0.05, 0.1) is 6.10 Å². The Kier molecular flexibility index (Phi) is 3.39. The number of hydrogen-bond acceptors (Lipinski definition) is 1. The van der Waals surface area contributed by atoms with E-state index in [2.05, 4.69) is 26.0 Å². The zero-order valence-corrected chi connectivity index (χ0v) is 14.6. The lowest BCUT2D eigenvalue weighted by Crippen LogP contribution is -2.46. The van der Waals surface area contributed by atoms with Gasteiger partial charge in [0, 0.05) is 0 Å². The van der Waals surface area contributed by atoms with Crippen LogP contribution in [0.1, 0.15) is 72.1 Å². The average molecular weight is 300 g/mol. The third kappa shape index (κ3) is 1.87. The van der Waals surface area contributed by atoms with Gasteiger partial charge in [-0.15, -0.1) is 0 Å². The zero-order chi connectivity index (χ0) is 15.5. The lowest BCUT2D eigenvalue weighted by atomic mass is 9.50. The van der Waals surface area contributed by atoms with Crippen LogP contribution in [0, 0.1) is 28.6 Å². The van der Waals surface area contributed by atoms with Crippen LogP contribution in [-0.2, 0) is 0 Å². The van der Waals surface area contributed by atoms with Crippen molar-refractivity contribution in [3.63, 3.8) is 0 Å². The molecule has 0 aliphatic heterocycles. The van der Waals surface area contributed by atoms with Gasteiger partial charge in [-0.3, -0.25) is 0 Å². The molecule has 0 amide bonds. The third-order valence-electron chi connectivity index (χ3n) is 8.14. The van der Waals surface area contributed by atoms with Crippen LogP contribution in [0.2, 0.25) is 0 Å². The van der Waals surface area contributed by atoms with Gasteiger partial charge in [0.25, 0.3) is 0 Å². The highest BCUT2D eigenvalue weighted by Gasteiger charge is 2.56. The molecule has 0 aromatic carbocycles. The minimum absolute atomic E-state index is 0.146. The molecule has 3 saturated carbocycles. The molecule has 4 aliphatic carbocycles. The largest absolute Gasteiger partial charge is 0.393 e. The number of allylic oxidation sites excluding steroid dienone is 4. The quantitative estimate of drug-likeness (QED) is 0.700. The van der Waals surface area contributed by atoms with Crippen molar-refractivity contribution < 1.29 is 5.11 Å². The summed E-state index contributed by atoms with van der Waals surface area (Å²) in [7, 11) is 0. The van der Waals surface area contributed by atoms with Crippen LogP contribution in [0.15, 0.2) is 23.3 Å². The number of aliphatic hydroxyl groups excluding tert-OH is 1. The predicted octanol–water partition coefficient (Wildman–Crippen LogP) is 5.26. The van der Waals surface area contributed by atoms with Crippen LogP contribution >= 0.6 is 0 Å². The van der Waals surface area contributed by atoms with Crippen molar-refractivity contribution in [3.8, 4) is 0 Å². The second-order valence-electron chi connectivity index (χ2n) is 9.06. The van der Waals surface area contributed by atoms with Crippen LogP contribution in [0.4, 0.5) is 0 Å². The van der Waals surface area contributed by atoms with Crippen molar-refractivity contribution in [1.29, 1.82) is 0 Å². The van der Waals surface area contributed by atoms with Crippen LogP contribution < -0.4 is 0 Å². The summed E-state index contributed by atoms with van der Waals surface area (Å²) < 4.78 is 0. The normalized spacial score (nSPS) is 48.6. The molecule has 0 radical (unpaired) electrons. The summed E-state index contributed by atoms with van der Waals surface area (Å²) in [5.41, 5.74) is 4.28. The smallest absolute Gasteiger partial charge is 0.0545 e. The fourth-order valence-corrected chi connectivity index (χ4v) is 6.87. The summed E-state index contributed by atoms with van der Waals surface area (Å²) in [6.45, 7) is 7.04. The molecule has 0 aromatic heterocycles. The van der Waals surface area contributed by atoms with Gasteiger partial charge in [0.1, 0.15) is 0 Å². The van der Waals surface area contributed by atoms with Crippen LogP contribution in [0.25, 0.3) is 0 Å². The first kappa shape index (κ1) is 15.0. The first-order valence-electron chi connectivity index (χ1n) is 9.56. The van der Waals surface area contributed by atoms with Gasteiger partial charge in [0.15, 0.2) is 0 Å². The van der Waals surface area contributed by atoms with E-state index in [1.54, 1.807) is 11.1 Å². The first-order chi connectivity index (χ1) is 10.5. The van der Waals surface area contributed by atoms with E-state index in [-0.39, 0.29) is 6.10 Å². The van der Waals surface area contributed by atoms with E-state index in [9.17, 15) is 5.11 Å². The molecule has 0 aromatic rings. The molecule has 0 spiro atoms. The van der Waals surface area contributed by atoms with Crippen molar-refractivity contribution in [2.75, 3.05) is 0 Å². The van der Waals surface area contributed by atoms with E-state index < -0.39 is 0 Å². The summed E-state index contributed by atoms with van der Waals surface area (Å²) in [4.78, 5) is 0. The van der Waals surface area contributed by atoms with E-state index in [0.29, 0.717) is 16.7 Å². The lowest BCUT2D eigenvalue weighted by molar-refractivity contribution is 0.00970. The molecule has 0 heterocycles. The molecule has 6 unspecified atom stereocenters. The van der Waals surface area contributed by atoms with E-state index >= 15 is 0 Å². The second kappa shape index (κ2) is 4.97. The maximum atomic E-state index is 10.3. The maximum Gasteiger partial charge on any atom is 0.0545 e. The average Bonchev–Trinajstić information content (AvgIpc) is 2.84. The number of hydrogen-bond donors (Lipinski definition) is 1. The fraction of sp³-hybridized carbons (Fsp3) is 0.810. The molecule has 4 aliphatic rings. The van der Waals surface area contributed by atoms with Crippen molar-refractivity contribution in [2.45, 2.75) is 78.2 Å². The summed E-state index contributed by atoms with van der Waals surface area (Å²) in [5.74, 6) is 2.02. The van der Waals surface area contributed by atoms with Gasteiger partial charge in [-0.05, 0) is 80.5 Å². The SMILES string of the molecule is CC(O)C1CCC2C3=CC=C4CCCCC4(C)C3CCC21C. The highest BCUT2D eigenvalue weighted by atomic mass is 16.3. The van der Waals surface area contributed by atoms with Crippen molar-refractivity contribution in [3.05, 3.63) is 23.3 Å². The van der Waals surface area contributed by atoms with E-state index in [0.717, 1.165) is 11.8 Å². The molecule has 0 bridgehead atoms. The Hall–Kier alpha value is -0.560. The Morgan fingerprint density at radius 1 is 1.05 bits per heavy atom. The summed E-state index contributed by atoms with van der Waals surface area (Å²) in [5, 5.41) is 10.3. The van der Waals surface area contributed by atoms with Crippen LogP contribution in [0.5, 0.6) is 0 Å². The second-order valence-corrected chi connectivity index (χ2v) is 9.06. The van der Waals surface area contributed by atoms with Gasteiger partial charge in [0.2, 0.25) is 0 Å². The predicted molar refractivity (Wildman–Crippen MR) is 91.5 cm³/mol. The molecule has 4 rings (SSSR count). The van der Waals surface area contributed by atoms with Gasteiger partial charge in [-0.25, -0.2) is 0 Å². The Balaban J connectivity index is 1.72. The number of aliphatic hydroxyl groups is 1. The minimum atomic E-state index is -0.146. The molecule has 1 nitrogen and oxygen atoms in total. The van der Waals surface area contributed by atoms with Gasteiger partial charge in [-0.2, -0.15) is 0 Å². The molecule has 1 N–H and O–H groups in total. The summed E-state index contributed by atoms with van der Waals surface area (Å²) >= 11 is 0. The first-order valence-corrected chi connectivity index (χ1v) is 9.56. The number of rotatable bonds is 1. The van der Waals surface area contributed by atoms with Crippen molar-refractivity contribution in [2.24, 2.45) is 28.6 Å². The Morgan fingerprint density at radius 2 is 1.86 bits per heavy atom. The molecule has 122 valence electrons. The van der Waals surface area contributed by atoms with Gasteiger partial charge in [-0.1, -0.05) is 43.6 Å². The topological polar surface area (TPSA) is 20.2 Å². The highest BCUT2D eigenvalue weighted by molar-refractivity contribution is 5.38. The molecule has 1 heteroatoms. The fourth-order valence-electron chi connectivity index (χ4n) is 6.87. The van der Waals surface area contributed by atoms with Crippen molar-refractivity contribution in [1.82, 2.24) is 0 Å². The minimum Gasteiger partial charge on any atom is -0.393 e. The third-order valence-corrected chi connectivity index (χ3v) is 8.14. The van der Waals surface area contributed by atoms with Crippen LogP contribution in [0.3, 0.4) is 0 Å². The summed E-state index contributed by atoms with van der Waals surface area (Å²) in [6, 6.07) is 0. The van der Waals surface area contributed by atoms with Gasteiger partial charge < -0.3 is 5.11 Å². The van der Waals surface area contributed by atoms with E-state index in [4.69, 9.17) is 0 Å². The van der Waals surface area contributed by atoms with E-state index in [1.165, 1.54) is 51.4 Å². The van der Waals surface area contributed by atoms with Crippen LogP contribution in [-0.4, -0.2) is 11.2 Å². The zero-order valence-electron chi connectivity index (χ0n) is 14.6. The number of fused-ring (bicyclic) bond motifs is 5. The molecule has 6 atom stereocenters. The molecule has 0 saturated heterocycles. The molecule has 22 heavy (non-hydrogen) atoms. The Morgan fingerprint density at radius 3 is 2.64 bits per heavy atom. The Labute approximate surface area is 135 Å². The lowest BCUT2D eigenvalue weighted by Gasteiger charge is -2.54. The molecular formula is C21H32O. The van der Waals surface area contributed by atoms with Crippen molar-refractivity contribution >= 4 is 0 Å². The molecular weight excluding hydrogens is 268 g/mol.